The van der Waals surface area contributed by atoms with Gasteiger partial charge in [-0.05, 0) is 42.6 Å². The van der Waals surface area contributed by atoms with E-state index >= 15 is 0 Å². The SMILES string of the molecule is Cc1ccc(NSc2ccc(F)s2)c2[nH]cc(C#N)c12. The topological polar surface area (TPSA) is 51.6 Å². The molecule has 3 aromatic rings. The summed E-state index contributed by atoms with van der Waals surface area (Å²) in [5, 5.41) is 9.84. The number of hydrogen-bond acceptors (Lipinski definition) is 4. The number of benzene rings is 1. The maximum atomic E-state index is 12.9. The molecule has 0 radical (unpaired) electrons. The normalized spacial score (nSPS) is 10.7. The summed E-state index contributed by atoms with van der Waals surface area (Å²) < 4.78 is 17.0. The van der Waals surface area contributed by atoms with Gasteiger partial charge in [-0.3, -0.25) is 0 Å². The summed E-state index contributed by atoms with van der Waals surface area (Å²) >= 11 is 2.45. The van der Waals surface area contributed by atoms with Crippen molar-refractivity contribution in [1.29, 1.82) is 5.26 Å². The molecule has 0 spiro atoms. The van der Waals surface area contributed by atoms with Crippen LogP contribution in [0, 0.1) is 23.4 Å². The molecule has 100 valence electrons. The van der Waals surface area contributed by atoms with Crippen LogP contribution in [0.2, 0.25) is 0 Å². The summed E-state index contributed by atoms with van der Waals surface area (Å²) in [6.45, 7) is 1.97. The summed E-state index contributed by atoms with van der Waals surface area (Å²) in [5.41, 5.74) is 3.46. The third kappa shape index (κ3) is 2.26. The van der Waals surface area contributed by atoms with Crippen molar-refractivity contribution in [1.82, 2.24) is 4.98 Å². The van der Waals surface area contributed by atoms with Crippen LogP contribution in [0.15, 0.2) is 34.7 Å². The van der Waals surface area contributed by atoms with Crippen LogP contribution >= 0.6 is 23.3 Å². The summed E-state index contributed by atoms with van der Waals surface area (Å²) in [4.78, 5) is 3.12. The number of nitrogens with zero attached hydrogens (tertiary/aromatic N) is 1. The molecule has 0 aliphatic heterocycles. The first kappa shape index (κ1) is 13.0. The number of aryl methyl sites for hydroxylation is 1. The van der Waals surface area contributed by atoms with Crippen LogP contribution in [0.4, 0.5) is 10.1 Å². The van der Waals surface area contributed by atoms with E-state index in [2.05, 4.69) is 15.8 Å². The second kappa shape index (κ2) is 5.19. The highest BCUT2D eigenvalue weighted by Crippen LogP contribution is 2.33. The zero-order valence-corrected chi connectivity index (χ0v) is 12.2. The van der Waals surface area contributed by atoms with Gasteiger partial charge in [0.2, 0.25) is 0 Å². The molecule has 0 amide bonds. The molecular weight excluding hydrogens is 293 g/mol. The summed E-state index contributed by atoms with van der Waals surface area (Å²) in [6.07, 6.45) is 1.71. The average Bonchev–Trinajstić information content (AvgIpc) is 3.05. The minimum atomic E-state index is -0.199. The van der Waals surface area contributed by atoms with Gasteiger partial charge >= 0.3 is 0 Å². The van der Waals surface area contributed by atoms with Crippen LogP contribution < -0.4 is 4.72 Å². The van der Waals surface area contributed by atoms with Crippen molar-refractivity contribution in [3.63, 3.8) is 0 Å². The quantitative estimate of drug-likeness (QED) is 0.691. The predicted octanol–water partition coefficient (Wildman–Crippen LogP) is 4.67. The standard InChI is InChI=1S/C14H10FN3S2/c1-8-2-3-10(14-13(8)9(6-16)7-17-14)18-20-12-5-4-11(15)19-12/h2-5,7,17-18H,1H3. The Balaban J connectivity index is 1.94. The van der Waals surface area contributed by atoms with Gasteiger partial charge in [0, 0.05) is 11.6 Å². The Morgan fingerprint density at radius 2 is 2.20 bits per heavy atom. The fraction of sp³-hybridized carbons (Fsp3) is 0.0714. The molecule has 20 heavy (non-hydrogen) atoms. The Morgan fingerprint density at radius 1 is 1.35 bits per heavy atom. The lowest BCUT2D eigenvalue weighted by Gasteiger charge is -2.07. The molecule has 3 rings (SSSR count). The number of nitriles is 1. The molecule has 2 N–H and O–H groups in total. The Hall–Kier alpha value is -1.97. The smallest absolute Gasteiger partial charge is 0.177 e. The zero-order chi connectivity index (χ0) is 14.1. The Kier molecular flexibility index (Phi) is 3.38. The third-order valence-corrected chi connectivity index (χ3v) is 4.80. The monoisotopic (exact) mass is 303 g/mol. The lowest BCUT2D eigenvalue weighted by atomic mass is 10.1. The lowest BCUT2D eigenvalue weighted by molar-refractivity contribution is 0.657. The molecule has 3 nitrogen and oxygen atoms in total. The minimum Gasteiger partial charge on any atom is -0.358 e. The van der Waals surface area contributed by atoms with Gasteiger partial charge in [0.1, 0.15) is 6.07 Å². The molecule has 0 saturated carbocycles. The van der Waals surface area contributed by atoms with E-state index in [4.69, 9.17) is 5.26 Å². The van der Waals surface area contributed by atoms with Crippen molar-refractivity contribution in [3.8, 4) is 6.07 Å². The van der Waals surface area contributed by atoms with E-state index in [1.807, 2.05) is 19.1 Å². The van der Waals surface area contributed by atoms with Crippen LogP contribution in [-0.4, -0.2) is 4.98 Å². The van der Waals surface area contributed by atoms with Crippen molar-refractivity contribution in [2.75, 3.05) is 4.72 Å². The number of hydrogen-bond donors (Lipinski definition) is 2. The molecule has 0 fully saturated rings. The van der Waals surface area contributed by atoms with Gasteiger partial charge < -0.3 is 9.71 Å². The molecule has 0 unspecified atom stereocenters. The second-order valence-electron chi connectivity index (χ2n) is 4.26. The predicted molar refractivity (Wildman–Crippen MR) is 81.5 cm³/mol. The summed E-state index contributed by atoms with van der Waals surface area (Å²) in [5.74, 6) is 0. The Labute approximate surface area is 123 Å². The van der Waals surface area contributed by atoms with Crippen molar-refractivity contribution in [2.24, 2.45) is 0 Å². The molecule has 0 aliphatic carbocycles. The Morgan fingerprint density at radius 3 is 2.90 bits per heavy atom. The average molecular weight is 303 g/mol. The highest BCUT2D eigenvalue weighted by molar-refractivity contribution is 8.02. The second-order valence-corrected chi connectivity index (χ2v) is 6.40. The maximum Gasteiger partial charge on any atom is 0.177 e. The summed E-state index contributed by atoms with van der Waals surface area (Å²) in [7, 11) is 0. The lowest BCUT2D eigenvalue weighted by Crippen LogP contribution is -1.88. The number of aromatic amines is 1. The van der Waals surface area contributed by atoms with E-state index in [1.54, 1.807) is 12.3 Å². The molecule has 2 heterocycles. The van der Waals surface area contributed by atoms with E-state index in [0.717, 1.165) is 37.7 Å². The number of nitrogens with one attached hydrogen (secondary N) is 2. The number of H-pyrrole nitrogens is 1. The van der Waals surface area contributed by atoms with Crippen molar-refractivity contribution < 1.29 is 4.39 Å². The van der Waals surface area contributed by atoms with Gasteiger partial charge in [-0.15, -0.1) is 0 Å². The zero-order valence-electron chi connectivity index (χ0n) is 10.5. The highest BCUT2D eigenvalue weighted by Gasteiger charge is 2.10. The van der Waals surface area contributed by atoms with Crippen LogP contribution in [0.3, 0.4) is 0 Å². The number of halogens is 1. The van der Waals surface area contributed by atoms with Gasteiger partial charge in [-0.25, -0.2) is 0 Å². The number of aromatic nitrogens is 1. The fourth-order valence-electron chi connectivity index (χ4n) is 2.05. The van der Waals surface area contributed by atoms with Gasteiger partial charge in [0.25, 0.3) is 0 Å². The van der Waals surface area contributed by atoms with Crippen molar-refractivity contribution in [3.05, 3.63) is 46.7 Å². The van der Waals surface area contributed by atoms with Gasteiger partial charge in [0.05, 0.1) is 21.0 Å². The van der Waals surface area contributed by atoms with Crippen LogP contribution in [0.1, 0.15) is 11.1 Å². The maximum absolute atomic E-state index is 12.9. The molecule has 2 aromatic heterocycles. The first-order valence-electron chi connectivity index (χ1n) is 5.88. The molecular formula is C14H10FN3S2. The van der Waals surface area contributed by atoms with Gasteiger partial charge in [-0.2, -0.15) is 9.65 Å². The summed E-state index contributed by atoms with van der Waals surface area (Å²) in [6, 6.07) is 9.28. The number of thiophene rings is 1. The first-order chi connectivity index (χ1) is 9.69. The molecule has 6 heteroatoms. The number of fused-ring (bicyclic) bond motifs is 1. The number of rotatable bonds is 3. The van der Waals surface area contributed by atoms with E-state index in [-0.39, 0.29) is 5.13 Å². The van der Waals surface area contributed by atoms with E-state index in [0.29, 0.717) is 5.56 Å². The van der Waals surface area contributed by atoms with E-state index < -0.39 is 0 Å². The molecule has 0 atom stereocenters. The van der Waals surface area contributed by atoms with Crippen LogP contribution in [0.5, 0.6) is 0 Å². The molecule has 0 aliphatic rings. The minimum absolute atomic E-state index is 0.199. The van der Waals surface area contributed by atoms with Crippen LogP contribution in [0.25, 0.3) is 10.9 Å². The van der Waals surface area contributed by atoms with Crippen molar-refractivity contribution in [2.45, 2.75) is 11.1 Å². The molecule has 0 bridgehead atoms. The van der Waals surface area contributed by atoms with E-state index in [9.17, 15) is 4.39 Å². The van der Waals surface area contributed by atoms with Gasteiger partial charge in [-0.1, -0.05) is 17.4 Å². The third-order valence-electron chi connectivity index (χ3n) is 2.97. The fourth-order valence-corrected chi connectivity index (χ4v) is 3.56. The molecule has 1 aromatic carbocycles. The van der Waals surface area contributed by atoms with Crippen LogP contribution in [-0.2, 0) is 0 Å². The molecule has 0 saturated heterocycles. The van der Waals surface area contributed by atoms with E-state index in [1.165, 1.54) is 18.0 Å². The Bertz CT molecular complexity index is 814. The highest BCUT2D eigenvalue weighted by atomic mass is 32.2. The van der Waals surface area contributed by atoms with Gasteiger partial charge in [0.15, 0.2) is 5.13 Å². The first-order valence-corrected chi connectivity index (χ1v) is 7.51. The largest absolute Gasteiger partial charge is 0.358 e. The number of anilines is 1. The van der Waals surface area contributed by atoms with Crippen molar-refractivity contribution >= 4 is 39.9 Å².